The zero-order valence-electron chi connectivity index (χ0n) is 16.6. The molecule has 0 bridgehead atoms. The van der Waals surface area contributed by atoms with Crippen molar-refractivity contribution in [3.63, 3.8) is 0 Å². The smallest absolute Gasteiger partial charge is 0.274 e. The van der Waals surface area contributed by atoms with Gasteiger partial charge >= 0.3 is 0 Å². The largest absolute Gasteiger partial charge is 0.340 e. The molecule has 0 fully saturated rings. The molecule has 3 rings (SSSR count). The number of nitrogens with zero attached hydrogens (tertiary/aromatic N) is 5. The first-order valence-electron chi connectivity index (χ1n) is 9.27. The van der Waals surface area contributed by atoms with Crippen molar-refractivity contribution in [2.75, 3.05) is 0 Å². The van der Waals surface area contributed by atoms with Crippen LogP contribution >= 0.6 is 0 Å². The Morgan fingerprint density at radius 2 is 1.89 bits per heavy atom. The Hall–Kier alpha value is -3.09. The maximum atomic E-state index is 14.4. The maximum absolute atomic E-state index is 14.4. The molecule has 0 aliphatic heterocycles. The standard InChI is InChI=1S/C21H24FN5O/c1-5-15-9-23-20(24-10-15)17-8-16(6-7-18(17)22)11-27(14(2)3)21(28)19-12-26(4)13-25-19/h6-10,12-14H,5,11H2,1-4H3. The minimum absolute atomic E-state index is 0.0388. The number of amides is 1. The fourth-order valence-electron chi connectivity index (χ4n) is 2.87. The molecule has 0 aliphatic carbocycles. The van der Waals surface area contributed by atoms with Gasteiger partial charge in [-0.3, -0.25) is 4.79 Å². The van der Waals surface area contributed by atoms with E-state index in [1.165, 1.54) is 6.07 Å². The van der Waals surface area contributed by atoms with Gasteiger partial charge in [-0.2, -0.15) is 0 Å². The number of hydrogen-bond acceptors (Lipinski definition) is 4. The molecule has 0 N–H and O–H groups in total. The first-order valence-corrected chi connectivity index (χ1v) is 9.27. The van der Waals surface area contributed by atoms with Crippen molar-refractivity contribution in [1.82, 2.24) is 24.4 Å². The van der Waals surface area contributed by atoms with Crippen LogP contribution < -0.4 is 0 Å². The second-order valence-electron chi connectivity index (χ2n) is 7.03. The van der Waals surface area contributed by atoms with E-state index in [4.69, 9.17) is 0 Å². The van der Waals surface area contributed by atoms with E-state index in [1.807, 2.05) is 27.8 Å². The molecule has 0 atom stereocenters. The van der Waals surface area contributed by atoms with Crippen molar-refractivity contribution in [1.29, 1.82) is 0 Å². The van der Waals surface area contributed by atoms with Crippen LogP contribution in [0.25, 0.3) is 11.4 Å². The normalized spacial score (nSPS) is 11.1. The SMILES string of the molecule is CCc1cnc(-c2cc(CN(C(=O)c3cn(C)cn3)C(C)C)ccc2F)nc1. The van der Waals surface area contributed by atoms with Crippen molar-refractivity contribution in [2.45, 2.75) is 39.8 Å². The molecule has 0 unspecified atom stereocenters. The van der Waals surface area contributed by atoms with E-state index < -0.39 is 0 Å². The molecule has 146 valence electrons. The van der Waals surface area contributed by atoms with Crippen LogP contribution in [0, 0.1) is 5.82 Å². The third-order valence-electron chi connectivity index (χ3n) is 4.55. The Kier molecular flexibility index (Phi) is 5.82. The van der Waals surface area contributed by atoms with Crippen molar-refractivity contribution in [3.05, 3.63) is 65.8 Å². The van der Waals surface area contributed by atoms with E-state index in [0.29, 0.717) is 23.6 Å². The van der Waals surface area contributed by atoms with Crippen LogP contribution in [-0.4, -0.2) is 36.4 Å². The lowest BCUT2D eigenvalue weighted by atomic mass is 10.1. The average molecular weight is 381 g/mol. The van der Waals surface area contributed by atoms with Gasteiger partial charge in [-0.05, 0) is 43.5 Å². The van der Waals surface area contributed by atoms with Crippen molar-refractivity contribution >= 4 is 5.91 Å². The van der Waals surface area contributed by atoms with Gasteiger partial charge in [0.1, 0.15) is 11.5 Å². The molecule has 0 saturated carbocycles. The molecular formula is C21H24FN5O. The Labute approximate surface area is 164 Å². The Morgan fingerprint density at radius 3 is 2.46 bits per heavy atom. The Bertz CT molecular complexity index is 965. The molecule has 3 aromatic rings. The number of halogens is 1. The molecule has 0 spiro atoms. The van der Waals surface area contributed by atoms with Gasteiger partial charge in [-0.15, -0.1) is 0 Å². The number of hydrogen-bond donors (Lipinski definition) is 0. The van der Waals surface area contributed by atoms with Gasteiger partial charge < -0.3 is 9.47 Å². The summed E-state index contributed by atoms with van der Waals surface area (Å²) in [5.74, 6) is -0.214. The lowest BCUT2D eigenvalue weighted by Crippen LogP contribution is -2.36. The monoisotopic (exact) mass is 381 g/mol. The summed E-state index contributed by atoms with van der Waals surface area (Å²) < 4.78 is 16.1. The summed E-state index contributed by atoms with van der Waals surface area (Å²) in [6, 6.07) is 4.74. The molecule has 0 aliphatic rings. The number of benzene rings is 1. The van der Waals surface area contributed by atoms with E-state index in [-0.39, 0.29) is 17.8 Å². The number of carbonyl (C=O) groups excluding carboxylic acids is 1. The highest BCUT2D eigenvalue weighted by atomic mass is 19.1. The van der Waals surface area contributed by atoms with Crippen molar-refractivity contribution in [3.8, 4) is 11.4 Å². The number of aryl methyl sites for hydroxylation is 2. The number of aromatic nitrogens is 4. The fourth-order valence-corrected chi connectivity index (χ4v) is 2.87. The van der Waals surface area contributed by atoms with Crippen LogP contribution in [0.1, 0.15) is 42.4 Å². The topological polar surface area (TPSA) is 63.9 Å². The van der Waals surface area contributed by atoms with E-state index in [2.05, 4.69) is 15.0 Å². The maximum Gasteiger partial charge on any atom is 0.274 e. The summed E-state index contributed by atoms with van der Waals surface area (Å²) in [7, 11) is 1.82. The van der Waals surface area contributed by atoms with Gasteiger partial charge in [0, 0.05) is 38.2 Å². The summed E-state index contributed by atoms with van der Waals surface area (Å²) in [4.78, 5) is 27.3. The number of carbonyl (C=O) groups is 1. The van der Waals surface area contributed by atoms with Crippen LogP contribution in [0.3, 0.4) is 0 Å². The predicted octanol–water partition coefficient (Wildman–Crippen LogP) is 3.63. The molecule has 2 aromatic heterocycles. The molecule has 1 amide bonds. The van der Waals surface area contributed by atoms with E-state index in [9.17, 15) is 9.18 Å². The highest BCUT2D eigenvalue weighted by Crippen LogP contribution is 2.22. The van der Waals surface area contributed by atoms with Crippen LogP contribution in [0.4, 0.5) is 4.39 Å². The molecule has 0 saturated heterocycles. The second-order valence-corrected chi connectivity index (χ2v) is 7.03. The van der Waals surface area contributed by atoms with Crippen LogP contribution in [0.2, 0.25) is 0 Å². The van der Waals surface area contributed by atoms with Crippen LogP contribution in [0.15, 0.2) is 43.1 Å². The van der Waals surface area contributed by atoms with E-state index in [0.717, 1.165) is 17.5 Å². The van der Waals surface area contributed by atoms with Crippen LogP contribution in [0.5, 0.6) is 0 Å². The second kappa shape index (κ2) is 8.29. The fraction of sp³-hybridized carbons (Fsp3) is 0.333. The molecular weight excluding hydrogens is 357 g/mol. The van der Waals surface area contributed by atoms with Gasteiger partial charge in [-0.1, -0.05) is 13.0 Å². The van der Waals surface area contributed by atoms with Gasteiger partial charge in [0.2, 0.25) is 0 Å². The number of imidazole rings is 1. The minimum atomic E-state index is -0.389. The van der Waals surface area contributed by atoms with Gasteiger partial charge in [0.05, 0.1) is 11.9 Å². The lowest BCUT2D eigenvalue weighted by Gasteiger charge is -2.26. The summed E-state index contributed by atoms with van der Waals surface area (Å²) in [6.07, 6.45) is 7.52. The summed E-state index contributed by atoms with van der Waals surface area (Å²) in [6.45, 7) is 6.24. The average Bonchev–Trinajstić information content (AvgIpc) is 3.13. The Balaban J connectivity index is 1.88. The first kappa shape index (κ1) is 19.7. The molecule has 0 radical (unpaired) electrons. The third-order valence-corrected chi connectivity index (χ3v) is 4.55. The molecule has 28 heavy (non-hydrogen) atoms. The van der Waals surface area contributed by atoms with E-state index in [1.54, 1.807) is 46.5 Å². The van der Waals surface area contributed by atoms with Gasteiger partial charge in [0.25, 0.3) is 5.91 Å². The van der Waals surface area contributed by atoms with Gasteiger partial charge in [0.15, 0.2) is 5.82 Å². The van der Waals surface area contributed by atoms with Crippen molar-refractivity contribution < 1.29 is 9.18 Å². The predicted molar refractivity (Wildman–Crippen MR) is 105 cm³/mol. The molecule has 1 aromatic carbocycles. The zero-order chi connectivity index (χ0) is 20.3. The minimum Gasteiger partial charge on any atom is -0.340 e. The highest BCUT2D eigenvalue weighted by molar-refractivity contribution is 5.92. The number of rotatable bonds is 6. The summed E-state index contributed by atoms with van der Waals surface area (Å²) >= 11 is 0. The highest BCUT2D eigenvalue weighted by Gasteiger charge is 2.22. The zero-order valence-corrected chi connectivity index (χ0v) is 16.6. The van der Waals surface area contributed by atoms with Crippen LogP contribution in [-0.2, 0) is 20.0 Å². The first-order chi connectivity index (χ1) is 13.4. The summed E-state index contributed by atoms with van der Waals surface area (Å²) in [5, 5.41) is 0. The molecule has 7 heteroatoms. The van der Waals surface area contributed by atoms with Gasteiger partial charge in [-0.25, -0.2) is 19.3 Å². The molecule has 6 nitrogen and oxygen atoms in total. The molecule has 2 heterocycles. The Morgan fingerprint density at radius 1 is 1.18 bits per heavy atom. The lowest BCUT2D eigenvalue weighted by molar-refractivity contribution is 0.0684. The van der Waals surface area contributed by atoms with E-state index >= 15 is 0 Å². The summed E-state index contributed by atoms with van der Waals surface area (Å²) in [5.41, 5.74) is 2.51. The van der Waals surface area contributed by atoms with Crippen molar-refractivity contribution in [2.24, 2.45) is 7.05 Å². The third kappa shape index (κ3) is 4.24. The quantitative estimate of drug-likeness (QED) is 0.654.